The van der Waals surface area contributed by atoms with E-state index in [0.29, 0.717) is 0 Å². The van der Waals surface area contributed by atoms with Gasteiger partial charge in [-0.3, -0.25) is 0 Å². The summed E-state index contributed by atoms with van der Waals surface area (Å²) in [6.07, 6.45) is 0. The maximum absolute atomic E-state index is 13.6. The Balaban J connectivity index is 2.54. The molecule has 0 spiro atoms. The third kappa shape index (κ3) is 2.82. The van der Waals surface area contributed by atoms with Gasteiger partial charge in [0.05, 0.1) is 7.11 Å². The zero-order valence-electron chi connectivity index (χ0n) is 10.6. The average molecular weight is 298 g/mol. The molecule has 0 aliphatic carbocycles. The van der Waals surface area contributed by atoms with Crippen molar-refractivity contribution in [1.29, 1.82) is 0 Å². The Morgan fingerprint density at radius 1 is 0.762 bits per heavy atom. The Kier molecular flexibility index (Phi) is 4.13. The van der Waals surface area contributed by atoms with Gasteiger partial charge in [0, 0.05) is 5.56 Å². The Labute approximate surface area is 117 Å². The SMILES string of the molecule is COc1c(F)c(F)c(C#Cc2ccc(F)cc2)c(F)c1F. The van der Waals surface area contributed by atoms with Gasteiger partial charge in [-0.1, -0.05) is 11.8 Å². The van der Waals surface area contributed by atoms with Crippen molar-refractivity contribution in [2.45, 2.75) is 0 Å². The maximum atomic E-state index is 13.6. The summed E-state index contributed by atoms with van der Waals surface area (Å²) < 4.78 is 71.1. The van der Waals surface area contributed by atoms with Crippen LogP contribution < -0.4 is 4.74 Å². The number of ether oxygens (including phenoxy) is 1. The highest BCUT2D eigenvalue weighted by molar-refractivity contribution is 5.47. The van der Waals surface area contributed by atoms with E-state index in [2.05, 4.69) is 10.7 Å². The Bertz CT molecular complexity index is 712. The monoisotopic (exact) mass is 298 g/mol. The fraction of sp³-hybridized carbons (Fsp3) is 0.0667. The van der Waals surface area contributed by atoms with E-state index >= 15 is 0 Å². The number of hydrogen-bond acceptors (Lipinski definition) is 1. The molecule has 21 heavy (non-hydrogen) atoms. The highest BCUT2D eigenvalue weighted by Gasteiger charge is 2.25. The summed E-state index contributed by atoms with van der Waals surface area (Å²) >= 11 is 0. The van der Waals surface area contributed by atoms with Crippen molar-refractivity contribution in [3.63, 3.8) is 0 Å². The van der Waals surface area contributed by atoms with E-state index in [1.165, 1.54) is 12.1 Å². The topological polar surface area (TPSA) is 9.23 Å². The molecular formula is C15H7F5O. The molecule has 0 atom stereocenters. The molecule has 2 aromatic carbocycles. The van der Waals surface area contributed by atoms with Crippen LogP contribution in [0.3, 0.4) is 0 Å². The van der Waals surface area contributed by atoms with E-state index in [9.17, 15) is 22.0 Å². The van der Waals surface area contributed by atoms with Gasteiger partial charge >= 0.3 is 0 Å². The fourth-order valence-corrected chi connectivity index (χ4v) is 1.57. The molecule has 0 saturated carbocycles. The van der Waals surface area contributed by atoms with Crippen molar-refractivity contribution in [3.8, 4) is 17.6 Å². The molecule has 108 valence electrons. The van der Waals surface area contributed by atoms with E-state index in [1.807, 2.05) is 5.92 Å². The highest BCUT2D eigenvalue weighted by Crippen LogP contribution is 2.29. The Morgan fingerprint density at radius 2 is 1.29 bits per heavy atom. The maximum Gasteiger partial charge on any atom is 0.205 e. The molecule has 0 heterocycles. The fourth-order valence-electron chi connectivity index (χ4n) is 1.57. The second-order valence-electron chi connectivity index (χ2n) is 3.92. The minimum Gasteiger partial charge on any atom is -0.491 e. The molecule has 2 rings (SSSR count). The van der Waals surface area contributed by atoms with Gasteiger partial charge in [-0.2, -0.15) is 8.78 Å². The molecule has 0 radical (unpaired) electrons. The molecule has 0 aliphatic rings. The van der Waals surface area contributed by atoms with Crippen molar-refractivity contribution in [2.75, 3.05) is 7.11 Å². The number of hydrogen-bond donors (Lipinski definition) is 0. The molecule has 0 aromatic heterocycles. The van der Waals surface area contributed by atoms with Crippen LogP contribution in [0.5, 0.6) is 5.75 Å². The number of halogens is 5. The molecule has 0 unspecified atom stereocenters. The number of methoxy groups -OCH3 is 1. The van der Waals surface area contributed by atoms with Gasteiger partial charge in [-0.05, 0) is 24.3 Å². The molecule has 1 nitrogen and oxygen atoms in total. The van der Waals surface area contributed by atoms with Gasteiger partial charge in [0.25, 0.3) is 0 Å². The van der Waals surface area contributed by atoms with Gasteiger partial charge < -0.3 is 4.74 Å². The molecular weight excluding hydrogens is 291 g/mol. The molecule has 0 amide bonds. The normalized spacial score (nSPS) is 10.0. The van der Waals surface area contributed by atoms with Gasteiger partial charge in [-0.25, -0.2) is 13.2 Å². The molecule has 0 N–H and O–H groups in total. The largest absolute Gasteiger partial charge is 0.491 e. The standard InChI is InChI=1S/C15H7F5O/c1-21-15-13(19)11(17)10(12(18)14(15)20)7-4-8-2-5-9(16)6-3-8/h2-3,5-6H,1H3. The average Bonchev–Trinajstić information content (AvgIpc) is 2.48. The molecule has 0 saturated heterocycles. The van der Waals surface area contributed by atoms with E-state index in [0.717, 1.165) is 19.2 Å². The van der Waals surface area contributed by atoms with Crippen molar-refractivity contribution < 1.29 is 26.7 Å². The van der Waals surface area contributed by atoms with Crippen LogP contribution in [0, 0.1) is 40.9 Å². The summed E-state index contributed by atoms with van der Waals surface area (Å²) in [5.41, 5.74) is -0.832. The van der Waals surface area contributed by atoms with Crippen LogP contribution in [-0.4, -0.2) is 7.11 Å². The van der Waals surface area contributed by atoms with Gasteiger partial charge in [0.1, 0.15) is 11.4 Å². The van der Waals surface area contributed by atoms with E-state index in [1.54, 1.807) is 0 Å². The van der Waals surface area contributed by atoms with Gasteiger partial charge in [0.2, 0.25) is 11.6 Å². The van der Waals surface area contributed by atoms with Crippen LogP contribution in [0.1, 0.15) is 11.1 Å². The lowest BCUT2D eigenvalue weighted by Gasteiger charge is -2.07. The first-order chi connectivity index (χ1) is 9.95. The zero-order valence-corrected chi connectivity index (χ0v) is 10.6. The molecule has 0 bridgehead atoms. The van der Waals surface area contributed by atoms with Gasteiger partial charge in [-0.15, -0.1) is 0 Å². The van der Waals surface area contributed by atoms with E-state index in [-0.39, 0.29) is 5.56 Å². The minimum atomic E-state index is -1.67. The summed E-state index contributed by atoms with van der Waals surface area (Å²) in [6, 6.07) is 4.70. The van der Waals surface area contributed by atoms with Crippen molar-refractivity contribution in [2.24, 2.45) is 0 Å². The first-order valence-electron chi connectivity index (χ1n) is 5.63. The molecule has 2 aromatic rings. The number of rotatable bonds is 1. The van der Waals surface area contributed by atoms with Crippen molar-refractivity contribution in [1.82, 2.24) is 0 Å². The van der Waals surface area contributed by atoms with Crippen molar-refractivity contribution in [3.05, 3.63) is 64.5 Å². The molecule has 6 heteroatoms. The predicted octanol–water partition coefficient (Wildman–Crippen LogP) is 3.79. The number of benzene rings is 2. The third-order valence-electron chi connectivity index (χ3n) is 2.60. The summed E-state index contributed by atoms with van der Waals surface area (Å²) in [5, 5.41) is 0. The Morgan fingerprint density at radius 3 is 1.76 bits per heavy atom. The van der Waals surface area contributed by atoms with Crippen LogP contribution in [-0.2, 0) is 0 Å². The van der Waals surface area contributed by atoms with E-state index in [4.69, 9.17) is 0 Å². The second-order valence-corrected chi connectivity index (χ2v) is 3.92. The molecule has 0 aliphatic heterocycles. The minimum absolute atomic E-state index is 0.229. The highest BCUT2D eigenvalue weighted by atomic mass is 19.2. The predicted molar refractivity (Wildman–Crippen MR) is 65.2 cm³/mol. The smallest absolute Gasteiger partial charge is 0.205 e. The first kappa shape index (κ1) is 14.9. The van der Waals surface area contributed by atoms with Crippen LogP contribution in [0.15, 0.2) is 24.3 Å². The van der Waals surface area contributed by atoms with Crippen LogP contribution in [0.25, 0.3) is 0 Å². The first-order valence-corrected chi connectivity index (χ1v) is 5.63. The summed E-state index contributed by atoms with van der Waals surface area (Å²) in [4.78, 5) is 0. The van der Waals surface area contributed by atoms with Crippen LogP contribution >= 0.6 is 0 Å². The second kappa shape index (κ2) is 5.83. The quantitative estimate of drug-likeness (QED) is 0.442. The van der Waals surface area contributed by atoms with Crippen molar-refractivity contribution >= 4 is 0 Å². The van der Waals surface area contributed by atoms with Crippen LogP contribution in [0.4, 0.5) is 22.0 Å². The summed E-state index contributed by atoms with van der Waals surface area (Å²) in [6.45, 7) is 0. The third-order valence-corrected chi connectivity index (χ3v) is 2.60. The summed E-state index contributed by atoms with van der Waals surface area (Å²) in [7, 11) is 0.879. The Hall–Kier alpha value is -2.55. The lowest BCUT2D eigenvalue weighted by atomic mass is 10.1. The molecule has 0 fully saturated rings. The zero-order chi connectivity index (χ0) is 15.6. The van der Waals surface area contributed by atoms with E-state index < -0.39 is 40.4 Å². The lowest BCUT2D eigenvalue weighted by Crippen LogP contribution is -2.04. The lowest BCUT2D eigenvalue weighted by molar-refractivity contribution is 0.331. The van der Waals surface area contributed by atoms with Crippen LogP contribution in [0.2, 0.25) is 0 Å². The van der Waals surface area contributed by atoms with Gasteiger partial charge in [0.15, 0.2) is 17.4 Å². The summed E-state index contributed by atoms with van der Waals surface area (Å²) in [5.74, 6) is -4.03.